The van der Waals surface area contributed by atoms with Crippen LogP contribution in [0.25, 0.3) is 11.4 Å². The second kappa shape index (κ2) is 6.05. The van der Waals surface area contributed by atoms with Crippen LogP contribution < -0.4 is 5.01 Å². The van der Waals surface area contributed by atoms with Crippen molar-refractivity contribution in [3.8, 4) is 11.8 Å². The Morgan fingerprint density at radius 1 is 0.923 bits per heavy atom. The molecule has 0 atom stereocenters. The Labute approximate surface area is 152 Å². The van der Waals surface area contributed by atoms with Crippen LogP contribution in [0.3, 0.4) is 0 Å². The van der Waals surface area contributed by atoms with Gasteiger partial charge in [-0.1, -0.05) is 24.8 Å². The topological polar surface area (TPSA) is 44.3 Å². The van der Waals surface area contributed by atoms with Gasteiger partial charge in [0, 0.05) is 28.2 Å². The number of para-hydroxylation sites is 1. The van der Waals surface area contributed by atoms with E-state index in [4.69, 9.17) is 5.26 Å². The summed E-state index contributed by atoms with van der Waals surface area (Å²) >= 11 is 0. The normalized spacial score (nSPS) is 12.8. The number of hydrogen-bond acceptors (Lipinski definition) is 3. The van der Waals surface area contributed by atoms with Crippen molar-refractivity contribution in [2.75, 3.05) is 5.01 Å². The molecule has 26 heavy (non-hydrogen) atoms. The number of benzene rings is 2. The van der Waals surface area contributed by atoms with E-state index in [1.54, 1.807) is 12.1 Å². The van der Waals surface area contributed by atoms with Gasteiger partial charge in [0.2, 0.25) is 0 Å². The number of aromatic nitrogens is 1. The zero-order valence-electron chi connectivity index (χ0n) is 14.8. The number of anilines is 1. The van der Waals surface area contributed by atoms with Gasteiger partial charge in [-0.2, -0.15) is 10.4 Å². The highest BCUT2D eigenvalue weighted by molar-refractivity contribution is 5.98. The fourth-order valence-corrected chi connectivity index (χ4v) is 3.54. The molecule has 0 N–H and O–H groups in total. The van der Waals surface area contributed by atoms with Crippen molar-refractivity contribution >= 4 is 17.6 Å². The summed E-state index contributed by atoms with van der Waals surface area (Å²) in [6, 6.07) is 19.8. The Morgan fingerprint density at radius 3 is 2.27 bits per heavy atom. The van der Waals surface area contributed by atoms with E-state index >= 15 is 0 Å². The predicted octanol–water partition coefficient (Wildman–Crippen LogP) is 4.79. The zero-order valence-corrected chi connectivity index (χ0v) is 14.8. The molecule has 2 heterocycles. The first kappa shape index (κ1) is 15.9. The van der Waals surface area contributed by atoms with Gasteiger partial charge < -0.3 is 4.57 Å². The van der Waals surface area contributed by atoms with Gasteiger partial charge >= 0.3 is 0 Å². The first-order chi connectivity index (χ1) is 12.6. The fourth-order valence-electron chi connectivity index (χ4n) is 3.54. The molecular weight excluding hydrogens is 320 g/mol. The number of fused-ring (bicyclic) bond motifs is 1. The number of nitrogens with zero attached hydrogens (tertiary/aromatic N) is 4. The lowest BCUT2D eigenvalue weighted by atomic mass is 10.1. The van der Waals surface area contributed by atoms with Crippen LogP contribution in [-0.4, -0.2) is 10.8 Å². The molecule has 2 aromatic carbocycles. The lowest BCUT2D eigenvalue weighted by molar-refractivity contribution is 0.962. The molecule has 0 unspecified atom stereocenters. The van der Waals surface area contributed by atoms with E-state index < -0.39 is 0 Å². The maximum Gasteiger partial charge on any atom is 0.0991 e. The highest BCUT2D eigenvalue weighted by Crippen LogP contribution is 2.36. The molecule has 0 radical (unpaired) electrons. The second-order valence-corrected chi connectivity index (χ2v) is 6.29. The Morgan fingerprint density at radius 2 is 1.62 bits per heavy atom. The average Bonchev–Trinajstić information content (AvgIpc) is 2.94. The van der Waals surface area contributed by atoms with Crippen molar-refractivity contribution in [1.82, 2.24) is 4.57 Å². The molecule has 0 saturated heterocycles. The van der Waals surface area contributed by atoms with Crippen LogP contribution in [0.4, 0.5) is 5.69 Å². The number of nitriles is 1. The van der Waals surface area contributed by atoms with Crippen LogP contribution in [0.2, 0.25) is 0 Å². The largest absolute Gasteiger partial charge is 0.317 e. The SMILES string of the molecule is C=C1c2c(c(C)n(-c3ccccc3)c2C)C=NN1c1ccc(C#N)cc1. The van der Waals surface area contributed by atoms with E-state index in [9.17, 15) is 0 Å². The third kappa shape index (κ3) is 2.34. The molecule has 0 bridgehead atoms. The third-order valence-electron chi connectivity index (χ3n) is 4.79. The Bertz CT molecular complexity index is 1060. The van der Waals surface area contributed by atoms with Crippen molar-refractivity contribution in [2.45, 2.75) is 13.8 Å². The second-order valence-electron chi connectivity index (χ2n) is 6.29. The van der Waals surface area contributed by atoms with Crippen molar-refractivity contribution in [2.24, 2.45) is 5.10 Å². The van der Waals surface area contributed by atoms with Crippen LogP contribution in [-0.2, 0) is 0 Å². The molecule has 0 saturated carbocycles. The van der Waals surface area contributed by atoms with E-state index in [0.717, 1.165) is 39.6 Å². The van der Waals surface area contributed by atoms with Crippen molar-refractivity contribution in [1.29, 1.82) is 5.26 Å². The summed E-state index contributed by atoms with van der Waals surface area (Å²) in [5, 5.41) is 15.4. The number of hydrazone groups is 1. The lowest BCUT2D eigenvalue weighted by Crippen LogP contribution is -2.19. The summed E-state index contributed by atoms with van der Waals surface area (Å²) in [4.78, 5) is 0. The van der Waals surface area contributed by atoms with Gasteiger partial charge in [0.15, 0.2) is 0 Å². The smallest absolute Gasteiger partial charge is 0.0991 e. The van der Waals surface area contributed by atoms with Gasteiger partial charge in [-0.25, -0.2) is 5.01 Å². The van der Waals surface area contributed by atoms with Gasteiger partial charge in [0.05, 0.1) is 29.2 Å². The monoisotopic (exact) mass is 338 g/mol. The lowest BCUT2D eigenvalue weighted by Gasteiger charge is -2.25. The molecule has 4 rings (SSSR count). The average molecular weight is 338 g/mol. The molecule has 1 aliphatic heterocycles. The van der Waals surface area contributed by atoms with Gasteiger partial charge in [-0.15, -0.1) is 0 Å². The summed E-state index contributed by atoms with van der Waals surface area (Å²) < 4.78 is 2.24. The van der Waals surface area contributed by atoms with Crippen molar-refractivity contribution in [3.05, 3.63) is 89.3 Å². The third-order valence-corrected chi connectivity index (χ3v) is 4.79. The molecule has 3 aromatic rings. The predicted molar refractivity (Wildman–Crippen MR) is 106 cm³/mol. The highest BCUT2D eigenvalue weighted by atomic mass is 15.5. The molecule has 0 fully saturated rings. The van der Waals surface area contributed by atoms with Gasteiger partial charge in [0.1, 0.15) is 0 Å². The zero-order chi connectivity index (χ0) is 18.3. The Hall–Kier alpha value is -3.58. The van der Waals surface area contributed by atoms with Crippen LogP contribution in [0, 0.1) is 25.2 Å². The van der Waals surface area contributed by atoms with Gasteiger partial charge in [-0.3, -0.25) is 0 Å². The van der Waals surface area contributed by atoms with Crippen LogP contribution in [0.15, 0.2) is 66.3 Å². The number of hydrogen-bond donors (Lipinski definition) is 0. The summed E-state index contributed by atoms with van der Waals surface area (Å²) in [7, 11) is 0. The molecule has 4 heteroatoms. The van der Waals surface area contributed by atoms with E-state index in [-0.39, 0.29) is 0 Å². The minimum atomic E-state index is 0.628. The molecule has 0 spiro atoms. The molecule has 1 aliphatic rings. The molecule has 0 amide bonds. The molecule has 4 nitrogen and oxygen atoms in total. The van der Waals surface area contributed by atoms with Gasteiger partial charge in [-0.05, 0) is 50.2 Å². The summed E-state index contributed by atoms with van der Waals surface area (Å²) in [5.41, 5.74) is 7.97. The minimum Gasteiger partial charge on any atom is -0.317 e. The molecule has 1 aromatic heterocycles. The maximum atomic E-state index is 8.99. The maximum absolute atomic E-state index is 8.99. The minimum absolute atomic E-state index is 0.628. The summed E-state index contributed by atoms with van der Waals surface area (Å²) in [6.45, 7) is 8.52. The quantitative estimate of drug-likeness (QED) is 0.674. The van der Waals surface area contributed by atoms with Gasteiger partial charge in [0.25, 0.3) is 0 Å². The first-order valence-corrected chi connectivity index (χ1v) is 8.42. The molecular formula is C22H18N4. The van der Waals surface area contributed by atoms with Crippen molar-refractivity contribution < 1.29 is 0 Å². The Kier molecular flexibility index (Phi) is 3.70. The standard InChI is InChI=1S/C22H18N4/c1-15-21-14-24-26(20-11-9-18(13-23)10-12-20)17(3)22(21)16(2)25(15)19-7-5-4-6-8-19/h4-12,14H,3H2,1-2H3. The molecule has 126 valence electrons. The highest BCUT2D eigenvalue weighted by Gasteiger charge is 2.26. The Balaban J connectivity index is 1.81. The van der Waals surface area contributed by atoms with E-state index in [2.05, 4.69) is 48.3 Å². The summed E-state index contributed by atoms with van der Waals surface area (Å²) in [5.74, 6) is 0. The molecule has 0 aliphatic carbocycles. The number of rotatable bonds is 2. The van der Waals surface area contributed by atoms with Crippen LogP contribution in [0.5, 0.6) is 0 Å². The van der Waals surface area contributed by atoms with Crippen molar-refractivity contribution in [3.63, 3.8) is 0 Å². The van der Waals surface area contributed by atoms with E-state index in [1.165, 1.54) is 0 Å². The van der Waals surface area contributed by atoms with Crippen LogP contribution in [0.1, 0.15) is 28.1 Å². The first-order valence-electron chi connectivity index (χ1n) is 8.42. The van der Waals surface area contributed by atoms with Crippen LogP contribution >= 0.6 is 0 Å². The fraction of sp³-hybridized carbons (Fsp3) is 0.0909. The summed E-state index contributed by atoms with van der Waals surface area (Å²) in [6.07, 6.45) is 1.89. The van der Waals surface area contributed by atoms with E-state index in [1.807, 2.05) is 41.6 Å². The van der Waals surface area contributed by atoms with E-state index in [0.29, 0.717) is 5.56 Å².